The number of aliphatic hydroxyl groups excluding tert-OH is 1. The number of aromatic nitrogens is 3. The molecule has 0 radical (unpaired) electrons. The molecule has 2 aromatic heterocycles. The van der Waals surface area contributed by atoms with Crippen LogP contribution in [-0.2, 0) is 11.2 Å². The Bertz CT molecular complexity index is 1200. The summed E-state index contributed by atoms with van der Waals surface area (Å²) in [6.07, 6.45) is 14.8. The number of ether oxygens (including phenoxy) is 1. The van der Waals surface area contributed by atoms with Crippen molar-refractivity contribution in [2.45, 2.75) is 71.8 Å². The smallest absolute Gasteiger partial charge is 0.224 e. The lowest BCUT2D eigenvalue weighted by Gasteiger charge is -2.18. The number of aliphatic imine (C=N–C) groups is 1. The Balaban J connectivity index is 0.00000141. The van der Waals surface area contributed by atoms with Gasteiger partial charge in [0.15, 0.2) is 0 Å². The van der Waals surface area contributed by atoms with Crippen molar-refractivity contribution in [2.75, 3.05) is 37.4 Å². The van der Waals surface area contributed by atoms with E-state index in [0.29, 0.717) is 24.3 Å². The average molecular weight is 587 g/mol. The molecule has 0 amide bonds. The molecular formula is C30H43ClN6O2S. The molecular weight excluding hydrogens is 544 g/mol. The number of rotatable bonds is 12. The first-order valence-electron chi connectivity index (χ1n) is 14.1. The minimum atomic E-state index is 0.250. The summed E-state index contributed by atoms with van der Waals surface area (Å²) in [4.78, 5) is 20.3. The molecule has 4 rings (SSSR count). The van der Waals surface area contributed by atoms with Crippen LogP contribution < -0.4 is 10.6 Å². The van der Waals surface area contributed by atoms with Gasteiger partial charge in [-0.3, -0.25) is 4.99 Å². The summed E-state index contributed by atoms with van der Waals surface area (Å²) in [5, 5.41) is 16.5. The molecule has 1 unspecified atom stereocenters. The van der Waals surface area contributed by atoms with Gasteiger partial charge in [0, 0.05) is 54.7 Å². The van der Waals surface area contributed by atoms with Crippen LogP contribution in [-0.4, -0.2) is 59.1 Å². The van der Waals surface area contributed by atoms with Gasteiger partial charge in [-0.1, -0.05) is 50.1 Å². The third-order valence-electron chi connectivity index (χ3n) is 6.67. The van der Waals surface area contributed by atoms with E-state index in [0.717, 1.165) is 64.5 Å². The highest BCUT2D eigenvalue weighted by Gasteiger charge is 2.23. The predicted octanol–water partition coefficient (Wildman–Crippen LogP) is 6.90. The summed E-state index contributed by atoms with van der Waals surface area (Å²) < 4.78 is 5.34. The number of allylic oxidation sites excluding steroid dienone is 4. The zero-order valence-corrected chi connectivity index (χ0v) is 25.7. The Morgan fingerprint density at radius 1 is 1.30 bits per heavy atom. The van der Waals surface area contributed by atoms with Crippen molar-refractivity contribution in [3.8, 4) is 10.6 Å². The largest absolute Gasteiger partial charge is 0.501 e. The first kappa shape index (κ1) is 31.8. The Hall–Kier alpha value is -2.75. The fourth-order valence-corrected chi connectivity index (χ4v) is 6.17. The molecule has 0 aromatic carbocycles. The second-order valence-electron chi connectivity index (χ2n) is 9.97. The minimum Gasteiger partial charge on any atom is -0.501 e. The SMILES string of the molecule is C=C/C=C(\C/C(Cl)=C\C(C)CCNc1nc(C)c(-c2nc3c(s2)CCN=C3)c(NC2CCCC2)n1)OC.CCO. The van der Waals surface area contributed by atoms with Crippen LogP contribution in [0, 0.1) is 12.8 Å². The summed E-state index contributed by atoms with van der Waals surface area (Å²) in [7, 11) is 1.65. The zero-order chi connectivity index (χ0) is 28.9. The topological polar surface area (TPSA) is 105 Å². The van der Waals surface area contributed by atoms with E-state index in [1.165, 1.54) is 30.6 Å². The minimum absolute atomic E-state index is 0.250. The van der Waals surface area contributed by atoms with Crippen molar-refractivity contribution in [3.05, 3.63) is 51.9 Å². The summed E-state index contributed by atoms with van der Waals surface area (Å²) in [5.41, 5.74) is 2.92. The van der Waals surface area contributed by atoms with Crippen molar-refractivity contribution in [2.24, 2.45) is 10.9 Å². The number of nitrogens with one attached hydrogen (secondary N) is 2. The molecule has 0 bridgehead atoms. The fourth-order valence-electron chi connectivity index (χ4n) is 4.70. The molecule has 1 saturated carbocycles. The molecule has 218 valence electrons. The van der Waals surface area contributed by atoms with Crippen LogP contribution in [0.3, 0.4) is 0 Å². The Morgan fingerprint density at radius 3 is 2.73 bits per heavy atom. The van der Waals surface area contributed by atoms with Gasteiger partial charge in [-0.25, -0.2) is 9.97 Å². The van der Waals surface area contributed by atoms with Gasteiger partial charge in [0.2, 0.25) is 5.95 Å². The molecule has 0 saturated heterocycles. The monoisotopic (exact) mass is 586 g/mol. The number of hydrogen-bond acceptors (Lipinski definition) is 9. The van der Waals surface area contributed by atoms with Crippen LogP contribution in [0.1, 0.15) is 68.6 Å². The second-order valence-corrected chi connectivity index (χ2v) is 11.5. The molecule has 3 heterocycles. The third kappa shape index (κ3) is 9.42. The van der Waals surface area contributed by atoms with E-state index in [2.05, 4.69) is 35.2 Å². The van der Waals surface area contributed by atoms with Gasteiger partial charge in [-0.05, 0) is 45.1 Å². The molecule has 0 spiro atoms. The van der Waals surface area contributed by atoms with E-state index in [4.69, 9.17) is 36.4 Å². The van der Waals surface area contributed by atoms with Crippen LogP contribution >= 0.6 is 22.9 Å². The number of nitrogens with zero attached hydrogens (tertiary/aromatic N) is 4. The van der Waals surface area contributed by atoms with Crippen LogP contribution in [0.2, 0.25) is 0 Å². The first-order valence-corrected chi connectivity index (χ1v) is 15.3. The van der Waals surface area contributed by atoms with Crippen LogP contribution in [0.5, 0.6) is 0 Å². The first-order chi connectivity index (χ1) is 19.4. The van der Waals surface area contributed by atoms with Gasteiger partial charge in [0.05, 0.1) is 24.1 Å². The van der Waals surface area contributed by atoms with E-state index < -0.39 is 0 Å². The number of halogens is 1. The molecule has 1 atom stereocenters. The number of aryl methyl sites for hydroxylation is 1. The quantitative estimate of drug-likeness (QED) is 0.183. The number of aliphatic hydroxyl groups is 1. The van der Waals surface area contributed by atoms with E-state index in [-0.39, 0.29) is 6.61 Å². The number of anilines is 2. The molecule has 1 fully saturated rings. The second kappa shape index (κ2) is 16.5. The number of fused-ring (bicyclic) bond motifs is 1. The summed E-state index contributed by atoms with van der Waals surface area (Å²) in [6, 6.07) is 0.441. The van der Waals surface area contributed by atoms with Gasteiger partial charge in [0.1, 0.15) is 16.6 Å². The Labute approximate surface area is 247 Å². The Kier molecular flexibility index (Phi) is 13.1. The molecule has 2 aromatic rings. The standard InChI is InChI=1S/C28H37ClN6OS.C2H6O/c1-5-8-22(36-4)16-20(29)15-18(2)11-14-31-28-32-19(3)25(26(35-28)33-21-9-6-7-10-21)27-34-23-17-30-13-12-24(23)37-27;1-2-3/h5,8,15,17-18,21H,1,6-7,9-14,16H2,2-4H3,(H2,31,32,33,35);3H,2H2,1H3/b20-15+,22-8+;. The molecule has 2 aliphatic rings. The molecule has 40 heavy (non-hydrogen) atoms. The van der Waals surface area contributed by atoms with Gasteiger partial charge in [0.25, 0.3) is 0 Å². The van der Waals surface area contributed by atoms with Crippen LogP contribution in [0.15, 0.2) is 40.6 Å². The lowest BCUT2D eigenvalue weighted by Crippen LogP contribution is -2.18. The van der Waals surface area contributed by atoms with Crippen molar-refractivity contribution in [1.29, 1.82) is 0 Å². The summed E-state index contributed by atoms with van der Waals surface area (Å²) in [5.74, 6) is 2.60. The maximum atomic E-state index is 7.57. The number of methoxy groups -OCH3 is 1. The highest BCUT2D eigenvalue weighted by atomic mass is 35.5. The third-order valence-corrected chi connectivity index (χ3v) is 8.07. The normalized spacial score (nSPS) is 16.1. The molecule has 1 aliphatic heterocycles. The lowest BCUT2D eigenvalue weighted by atomic mass is 10.1. The lowest BCUT2D eigenvalue weighted by molar-refractivity contribution is 0.284. The highest BCUT2D eigenvalue weighted by Crippen LogP contribution is 2.37. The molecule has 8 nitrogen and oxygen atoms in total. The summed E-state index contributed by atoms with van der Waals surface area (Å²) in [6.45, 7) is 11.4. The fraction of sp³-hybridized carbons (Fsp3) is 0.533. The van der Waals surface area contributed by atoms with E-state index in [1.807, 2.05) is 19.2 Å². The number of thiazole rings is 1. The van der Waals surface area contributed by atoms with E-state index in [1.54, 1.807) is 31.4 Å². The maximum absolute atomic E-state index is 7.57. The van der Waals surface area contributed by atoms with Crippen molar-refractivity contribution < 1.29 is 9.84 Å². The van der Waals surface area contributed by atoms with E-state index in [9.17, 15) is 0 Å². The maximum Gasteiger partial charge on any atom is 0.224 e. The summed E-state index contributed by atoms with van der Waals surface area (Å²) >= 11 is 8.19. The van der Waals surface area contributed by atoms with E-state index >= 15 is 0 Å². The molecule has 10 heteroatoms. The average Bonchev–Trinajstić information content (AvgIpc) is 3.58. The van der Waals surface area contributed by atoms with Gasteiger partial charge in [-0.15, -0.1) is 11.3 Å². The molecule has 1 aliphatic carbocycles. The number of hydrogen-bond donors (Lipinski definition) is 3. The Morgan fingerprint density at radius 2 is 2.05 bits per heavy atom. The van der Waals surface area contributed by atoms with Gasteiger partial charge < -0.3 is 20.5 Å². The highest BCUT2D eigenvalue weighted by molar-refractivity contribution is 7.15. The molecule has 3 N–H and O–H groups in total. The zero-order valence-electron chi connectivity index (χ0n) is 24.2. The van der Waals surface area contributed by atoms with Gasteiger partial charge >= 0.3 is 0 Å². The van der Waals surface area contributed by atoms with Crippen molar-refractivity contribution in [3.63, 3.8) is 0 Å². The van der Waals surface area contributed by atoms with Crippen LogP contribution in [0.4, 0.5) is 11.8 Å². The van der Waals surface area contributed by atoms with Crippen LogP contribution in [0.25, 0.3) is 10.6 Å². The van der Waals surface area contributed by atoms with Crippen molar-refractivity contribution in [1.82, 2.24) is 15.0 Å². The predicted molar refractivity (Wildman–Crippen MR) is 169 cm³/mol. The van der Waals surface area contributed by atoms with Gasteiger partial charge in [-0.2, -0.15) is 4.98 Å². The van der Waals surface area contributed by atoms with Crippen molar-refractivity contribution >= 4 is 40.9 Å².